The second-order valence-corrected chi connectivity index (χ2v) is 5.67. The standard InChI is InChI=1S/C11H14BrNS/c1-8(13-11-6-14-7-11)9-3-2-4-10(12)5-9/h2-5,8,11,13H,6-7H2,1H3/t8-/m0/s1. The van der Waals surface area contributed by atoms with Gasteiger partial charge in [-0.05, 0) is 24.6 Å². The van der Waals surface area contributed by atoms with Gasteiger partial charge in [-0.1, -0.05) is 28.1 Å². The number of rotatable bonds is 3. The summed E-state index contributed by atoms with van der Waals surface area (Å²) in [5, 5.41) is 3.62. The lowest BCUT2D eigenvalue weighted by atomic mass is 10.1. The third kappa shape index (κ3) is 2.53. The Kier molecular flexibility index (Phi) is 3.52. The Balaban J connectivity index is 1.98. The molecular formula is C11H14BrNS. The van der Waals surface area contributed by atoms with Crippen LogP contribution in [0.15, 0.2) is 28.7 Å². The van der Waals surface area contributed by atoms with E-state index in [9.17, 15) is 0 Å². The van der Waals surface area contributed by atoms with E-state index in [-0.39, 0.29) is 0 Å². The van der Waals surface area contributed by atoms with Crippen LogP contribution in [0.5, 0.6) is 0 Å². The van der Waals surface area contributed by atoms with Gasteiger partial charge in [0.1, 0.15) is 0 Å². The van der Waals surface area contributed by atoms with Gasteiger partial charge in [-0.15, -0.1) is 0 Å². The molecule has 2 rings (SSSR count). The van der Waals surface area contributed by atoms with Crippen molar-refractivity contribution < 1.29 is 0 Å². The predicted octanol–water partition coefficient (Wildman–Crippen LogP) is 3.22. The van der Waals surface area contributed by atoms with Crippen molar-refractivity contribution in [3.05, 3.63) is 34.3 Å². The first-order valence-corrected chi connectivity index (χ1v) is 6.80. The quantitative estimate of drug-likeness (QED) is 0.906. The summed E-state index contributed by atoms with van der Waals surface area (Å²) in [6.45, 7) is 2.23. The van der Waals surface area contributed by atoms with Crippen LogP contribution >= 0.6 is 27.7 Å². The molecule has 1 N–H and O–H groups in total. The molecule has 1 aromatic rings. The maximum Gasteiger partial charge on any atom is 0.0295 e. The fraction of sp³-hybridized carbons (Fsp3) is 0.455. The van der Waals surface area contributed by atoms with Crippen LogP contribution in [0.3, 0.4) is 0 Å². The molecule has 1 fully saturated rings. The molecule has 76 valence electrons. The van der Waals surface area contributed by atoms with E-state index in [2.05, 4.69) is 52.4 Å². The Morgan fingerprint density at radius 2 is 2.29 bits per heavy atom. The van der Waals surface area contributed by atoms with Gasteiger partial charge in [0.25, 0.3) is 0 Å². The number of hydrogen-bond donors (Lipinski definition) is 1. The SMILES string of the molecule is C[C@H](NC1CSC1)c1cccc(Br)c1. The molecule has 1 aliphatic heterocycles. The van der Waals surface area contributed by atoms with Gasteiger partial charge >= 0.3 is 0 Å². The fourth-order valence-corrected chi connectivity index (χ4v) is 2.64. The molecule has 1 aromatic carbocycles. The van der Waals surface area contributed by atoms with Crippen molar-refractivity contribution in [1.29, 1.82) is 0 Å². The van der Waals surface area contributed by atoms with Crippen molar-refractivity contribution in [2.75, 3.05) is 11.5 Å². The summed E-state index contributed by atoms with van der Waals surface area (Å²) >= 11 is 5.51. The van der Waals surface area contributed by atoms with E-state index in [4.69, 9.17) is 0 Å². The molecule has 1 aliphatic rings. The average molecular weight is 272 g/mol. The Morgan fingerprint density at radius 3 is 2.86 bits per heavy atom. The Labute approximate surface area is 97.8 Å². The molecule has 3 heteroatoms. The van der Waals surface area contributed by atoms with Gasteiger partial charge in [-0.25, -0.2) is 0 Å². The molecule has 0 spiro atoms. The van der Waals surface area contributed by atoms with Gasteiger partial charge < -0.3 is 5.32 Å². The molecular weight excluding hydrogens is 258 g/mol. The Bertz CT molecular complexity index is 312. The van der Waals surface area contributed by atoms with Crippen molar-refractivity contribution >= 4 is 27.7 Å². The molecule has 0 bridgehead atoms. The van der Waals surface area contributed by atoms with Gasteiger partial charge in [0.05, 0.1) is 0 Å². The molecule has 1 heterocycles. The van der Waals surface area contributed by atoms with E-state index in [0.717, 1.165) is 4.47 Å². The van der Waals surface area contributed by atoms with Crippen molar-refractivity contribution in [1.82, 2.24) is 5.32 Å². The van der Waals surface area contributed by atoms with Crippen LogP contribution in [0.1, 0.15) is 18.5 Å². The summed E-state index contributed by atoms with van der Waals surface area (Å²) in [5.74, 6) is 2.52. The van der Waals surface area contributed by atoms with Crippen molar-refractivity contribution in [3.8, 4) is 0 Å². The summed E-state index contributed by atoms with van der Waals surface area (Å²) in [5.41, 5.74) is 1.36. The second-order valence-electron chi connectivity index (χ2n) is 3.68. The summed E-state index contributed by atoms with van der Waals surface area (Å²) in [7, 11) is 0. The zero-order valence-electron chi connectivity index (χ0n) is 8.16. The van der Waals surface area contributed by atoms with E-state index < -0.39 is 0 Å². The van der Waals surface area contributed by atoms with Gasteiger partial charge in [0.15, 0.2) is 0 Å². The van der Waals surface area contributed by atoms with Gasteiger partial charge in [0.2, 0.25) is 0 Å². The number of nitrogens with one attached hydrogen (secondary N) is 1. The minimum absolute atomic E-state index is 0.457. The third-order valence-electron chi connectivity index (χ3n) is 2.47. The maximum absolute atomic E-state index is 3.62. The molecule has 1 nitrogen and oxygen atoms in total. The van der Waals surface area contributed by atoms with Crippen LogP contribution in [0.4, 0.5) is 0 Å². The van der Waals surface area contributed by atoms with E-state index in [0.29, 0.717) is 12.1 Å². The third-order valence-corrected chi connectivity index (χ3v) is 4.24. The van der Waals surface area contributed by atoms with Crippen LogP contribution in [0, 0.1) is 0 Å². The molecule has 0 amide bonds. The number of halogens is 1. The van der Waals surface area contributed by atoms with E-state index >= 15 is 0 Å². The first kappa shape index (κ1) is 10.5. The van der Waals surface area contributed by atoms with Crippen LogP contribution in [-0.2, 0) is 0 Å². The van der Waals surface area contributed by atoms with Crippen LogP contribution in [0.25, 0.3) is 0 Å². The molecule has 14 heavy (non-hydrogen) atoms. The average Bonchev–Trinajstić information content (AvgIpc) is 2.11. The molecule has 0 saturated carbocycles. The van der Waals surface area contributed by atoms with Crippen molar-refractivity contribution in [3.63, 3.8) is 0 Å². The lowest BCUT2D eigenvalue weighted by molar-refractivity contribution is 0.502. The van der Waals surface area contributed by atoms with E-state index in [1.54, 1.807) is 0 Å². The predicted molar refractivity (Wildman–Crippen MR) is 66.8 cm³/mol. The maximum atomic E-state index is 3.62. The summed E-state index contributed by atoms with van der Waals surface area (Å²) < 4.78 is 1.16. The molecule has 0 unspecified atom stereocenters. The first-order valence-electron chi connectivity index (χ1n) is 4.85. The molecule has 0 aromatic heterocycles. The minimum atomic E-state index is 0.457. The van der Waals surface area contributed by atoms with Crippen molar-refractivity contribution in [2.24, 2.45) is 0 Å². The highest BCUT2D eigenvalue weighted by Crippen LogP contribution is 2.23. The summed E-state index contributed by atoms with van der Waals surface area (Å²) in [4.78, 5) is 0. The van der Waals surface area contributed by atoms with Crippen LogP contribution < -0.4 is 5.32 Å². The minimum Gasteiger partial charge on any atom is -0.306 e. The van der Waals surface area contributed by atoms with Gasteiger partial charge in [0, 0.05) is 28.1 Å². The Morgan fingerprint density at radius 1 is 1.50 bits per heavy atom. The monoisotopic (exact) mass is 271 g/mol. The van der Waals surface area contributed by atoms with Gasteiger partial charge in [-0.2, -0.15) is 11.8 Å². The fourth-order valence-electron chi connectivity index (χ4n) is 1.56. The lowest BCUT2D eigenvalue weighted by Crippen LogP contribution is -2.41. The van der Waals surface area contributed by atoms with E-state index in [1.165, 1.54) is 17.1 Å². The molecule has 1 saturated heterocycles. The van der Waals surface area contributed by atoms with Crippen molar-refractivity contribution in [2.45, 2.75) is 19.0 Å². The highest BCUT2D eigenvalue weighted by Gasteiger charge is 2.20. The van der Waals surface area contributed by atoms with Crippen LogP contribution in [-0.4, -0.2) is 17.5 Å². The van der Waals surface area contributed by atoms with Gasteiger partial charge in [-0.3, -0.25) is 0 Å². The smallest absolute Gasteiger partial charge is 0.0295 e. The number of hydrogen-bond acceptors (Lipinski definition) is 2. The molecule has 1 atom stereocenters. The largest absolute Gasteiger partial charge is 0.306 e. The Hall–Kier alpha value is 0.01000. The summed E-state index contributed by atoms with van der Waals surface area (Å²) in [6.07, 6.45) is 0. The first-order chi connectivity index (χ1) is 6.75. The second kappa shape index (κ2) is 4.69. The zero-order chi connectivity index (χ0) is 9.97. The number of benzene rings is 1. The normalized spacial score (nSPS) is 19.0. The topological polar surface area (TPSA) is 12.0 Å². The highest BCUT2D eigenvalue weighted by atomic mass is 79.9. The summed E-state index contributed by atoms with van der Waals surface area (Å²) in [6, 6.07) is 9.69. The van der Waals surface area contributed by atoms with Crippen LogP contribution in [0.2, 0.25) is 0 Å². The lowest BCUT2D eigenvalue weighted by Gasteiger charge is -2.29. The zero-order valence-corrected chi connectivity index (χ0v) is 10.6. The van der Waals surface area contributed by atoms with E-state index in [1.807, 2.05) is 11.8 Å². The highest BCUT2D eigenvalue weighted by molar-refractivity contribution is 9.10. The molecule has 0 aliphatic carbocycles. The number of thioether (sulfide) groups is 1. The molecule has 0 radical (unpaired) electrons.